The third-order valence-corrected chi connectivity index (χ3v) is 7.35. The molecule has 0 amide bonds. The second kappa shape index (κ2) is 9.62. The molecule has 1 aromatic heterocycles. The number of nitrogens with zero attached hydrogens (tertiary/aromatic N) is 2. The highest BCUT2D eigenvalue weighted by Gasteiger charge is 2.21. The van der Waals surface area contributed by atoms with Gasteiger partial charge in [0, 0.05) is 16.3 Å². The van der Waals surface area contributed by atoms with Crippen LogP contribution in [-0.4, -0.2) is 9.55 Å². The molecule has 0 fully saturated rings. The largest absolute Gasteiger partial charge is 0.291 e. The SMILES string of the molecule is [2H]c1c([2H])c([2H])c(-c2cccc(-c3c4ccccc4c(-n4c(-c5c([2H])c([2H])c([2H])c([2H])c5[2H])nc5ccccc54)c4ccccc34)c2)c([2H])c1[2H]. The quantitative estimate of drug-likeness (QED) is 0.206. The van der Waals surface area contributed by atoms with Gasteiger partial charge >= 0.3 is 0 Å². The molecular weight excluding hydrogens is 496 g/mol. The molecule has 2 heteroatoms. The molecule has 1 heterocycles. The molecule has 2 nitrogen and oxygen atoms in total. The van der Waals surface area contributed by atoms with E-state index in [9.17, 15) is 0 Å². The number of benzene rings is 7. The molecule has 0 saturated carbocycles. The van der Waals surface area contributed by atoms with Gasteiger partial charge in [0.1, 0.15) is 5.82 Å². The number of hydrogen-bond acceptors (Lipinski definition) is 1. The van der Waals surface area contributed by atoms with E-state index in [-0.39, 0.29) is 41.1 Å². The van der Waals surface area contributed by atoms with Crippen LogP contribution in [0.25, 0.3) is 71.9 Å². The minimum absolute atomic E-state index is 0.0132. The topological polar surface area (TPSA) is 17.8 Å². The lowest BCUT2D eigenvalue weighted by molar-refractivity contribution is 1.13. The van der Waals surface area contributed by atoms with Crippen molar-refractivity contribution >= 4 is 32.6 Å². The molecule has 0 radical (unpaired) electrons. The molecule has 0 bridgehead atoms. The lowest BCUT2D eigenvalue weighted by Crippen LogP contribution is -2.01. The maximum Gasteiger partial charge on any atom is 0.145 e. The van der Waals surface area contributed by atoms with E-state index in [0.29, 0.717) is 22.3 Å². The molecule has 8 rings (SSSR count). The van der Waals surface area contributed by atoms with E-state index >= 15 is 0 Å². The van der Waals surface area contributed by atoms with Crippen molar-refractivity contribution in [3.05, 3.63) is 157 Å². The zero-order chi connectivity index (χ0) is 35.9. The summed E-state index contributed by atoms with van der Waals surface area (Å²) in [5.74, 6) is 0.208. The number of fused-ring (bicyclic) bond motifs is 3. The van der Waals surface area contributed by atoms with Gasteiger partial charge in [-0.15, -0.1) is 0 Å². The van der Waals surface area contributed by atoms with Gasteiger partial charge in [-0.25, -0.2) is 4.98 Å². The zero-order valence-electron chi connectivity index (χ0n) is 31.6. The van der Waals surface area contributed by atoms with Crippen LogP contribution in [0, 0.1) is 0 Å². The van der Waals surface area contributed by atoms with E-state index in [0.717, 1.165) is 32.7 Å². The van der Waals surface area contributed by atoms with E-state index in [1.807, 2.05) is 95.6 Å². The molecule has 0 aliphatic heterocycles. The van der Waals surface area contributed by atoms with Crippen molar-refractivity contribution in [2.75, 3.05) is 0 Å². The Morgan fingerprint density at radius 2 is 1.05 bits per heavy atom. The first-order chi connectivity index (χ1) is 24.5. The van der Waals surface area contributed by atoms with Gasteiger partial charge in [-0.1, -0.05) is 139 Å². The highest BCUT2D eigenvalue weighted by Crippen LogP contribution is 2.43. The van der Waals surface area contributed by atoms with Crippen LogP contribution in [0.3, 0.4) is 0 Å². The molecule has 41 heavy (non-hydrogen) atoms. The van der Waals surface area contributed by atoms with Crippen molar-refractivity contribution in [3.63, 3.8) is 0 Å². The van der Waals surface area contributed by atoms with Crippen LogP contribution in [0.2, 0.25) is 0 Å². The summed E-state index contributed by atoms with van der Waals surface area (Å²) < 4.78 is 86.4. The third-order valence-electron chi connectivity index (χ3n) is 7.35. The lowest BCUT2D eigenvalue weighted by atomic mass is 9.89. The van der Waals surface area contributed by atoms with E-state index < -0.39 is 36.3 Å². The van der Waals surface area contributed by atoms with Crippen molar-refractivity contribution in [1.29, 1.82) is 0 Å². The lowest BCUT2D eigenvalue weighted by Gasteiger charge is -2.20. The van der Waals surface area contributed by atoms with Crippen LogP contribution in [0.5, 0.6) is 0 Å². The van der Waals surface area contributed by atoms with E-state index in [1.165, 1.54) is 0 Å². The molecule has 0 N–H and O–H groups in total. The average molecular weight is 533 g/mol. The first-order valence-corrected chi connectivity index (χ1v) is 13.2. The molecule has 0 aliphatic rings. The summed E-state index contributed by atoms with van der Waals surface area (Å²) >= 11 is 0. The Labute approximate surface area is 252 Å². The Hall–Kier alpha value is -5.47. The fourth-order valence-electron chi connectivity index (χ4n) is 5.66. The predicted molar refractivity (Wildman–Crippen MR) is 172 cm³/mol. The summed E-state index contributed by atoms with van der Waals surface area (Å²) in [4.78, 5) is 4.88. The molecular formula is C39H26N2. The molecule has 8 aromatic rings. The molecule has 0 spiro atoms. The Morgan fingerprint density at radius 3 is 1.73 bits per heavy atom. The van der Waals surface area contributed by atoms with E-state index in [2.05, 4.69) is 0 Å². The summed E-state index contributed by atoms with van der Waals surface area (Å²) in [6.45, 7) is 0. The Bertz CT molecular complexity index is 2660. The van der Waals surface area contributed by atoms with Crippen molar-refractivity contribution in [3.8, 4) is 39.3 Å². The number of para-hydroxylation sites is 2. The maximum absolute atomic E-state index is 8.85. The highest BCUT2D eigenvalue weighted by molar-refractivity contribution is 6.19. The Morgan fingerprint density at radius 1 is 0.488 bits per heavy atom. The second-order valence-corrected chi connectivity index (χ2v) is 9.66. The van der Waals surface area contributed by atoms with Crippen molar-refractivity contribution in [2.45, 2.75) is 0 Å². The van der Waals surface area contributed by atoms with E-state index in [1.54, 1.807) is 6.07 Å². The molecule has 0 saturated heterocycles. The molecule has 192 valence electrons. The van der Waals surface area contributed by atoms with Gasteiger partial charge < -0.3 is 0 Å². The van der Waals surface area contributed by atoms with Crippen LogP contribution in [-0.2, 0) is 0 Å². The van der Waals surface area contributed by atoms with Crippen molar-refractivity contribution in [2.24, 2.45) is 0 Å². The molecule has 0 unspecified atom stereocenters. The highest BCUT2D eigenvalue weighted by atomic mass is 15.1. The number of aromatic nitrogens is 2. The number of rotatable bonds is 4. The monoisotopic (exact) mass is 532 g/mol. The van der Waals surface area contributed by atoms with Crippen molar-refractivity contribution < 1.29 is 13.7 Å². The van der Waals surface area contributed by atoms with Gasteiger partial charge in [0.2, 0.25) is 0 Å². The van der Waals surface area contributed by atoms with Gasteiger partial charge in [0.05, 0.1) is 30.4 Å². The van der Waals surface area contributed by atoms with Gasteiger partial charge in [-0.3, -0.25) is 4.57 Å². The summed E-state index contributed by atoms with van der Waals surface area (Å²) in [6.07, 6.45) is 0. The number of imidazole rings is 1. The fraction of sp³-hybridized carbons (Fsp3) is 0. The Kier molecular flexibility index (Phi) is 3.60. The van der Waals surface area contributed by atoms with Crippen LogP contribution in [0.15, 0.2) is 157 Å². The number of hydrogen-bond donors (Lipinski definition) is 0. The van der Waals surface area contributed by atoms with E-state index in [4.69, 9.17) is 18.7 Å². The first kappa shape index (κ1) is 15.4. The first-order valence-electron chi connectivity index (χ1n) is 18.2. The Balaban J connectivity index is 1.49. The van der Waals surface area contributed by atoms with Crippen LogP contribution in [0.4, 0.5) is 0 Å². The maximum atomic E-state index is 8.85. The third kappa shape index (κ3) is 3.84. The fourth-order valence-corrected chi connectivity index (χ4v) is 5.66. The van der Waals surface area contributed by atoms with Crippen molar-refractivity contribution in [1.82, 2.24) is 9.55 Å². The molecule has 0 atom stereocenters. The van der Waals surface area contributed by atoms with Gasteiger partial charge in [0.25, 0.3) is 0 Å². The molecule has 0 aliphatic carbocycles. The van der Waals surface area contributed by atoms with Gasteiger partial charge in [-0.2, -0.15) is 0 Å². The smallest absolute Gasteiger partial charge is 0.145 e. The standard InChI is InChI=1S/C39H26N2/c1-3-14-27(15-4-1)29-18-13-19-30(26-29)37-31-20-7-9-22-33(31)38(34-23-10-8-21-32(34)37)41-36-25-12-11-24-35(36)40-39(41)28-16-5-2-6-17-28/h1-26H/i1D,2D,3D,4D,5D,6D,14D,15D,16D,17D. The zero-order valence-corrected chi connectivity index (χ0v) is 21.6. The normalized spacial score (nSPS) is 14.8. The minimum Gasteiger partial charge on any atom is -0.291 e. The molecule has 7 aromatic carbocycles. The summed E-state index contributed by atoms with van der Waals surface area (Å²) in [6, 6.07) is 26.4. The van der Waals surface area contributed by atoms with Crippen LogP contribution in [0.1, 0.15) is 13.7 Å². The average Bonchev–Trinajstić information content (AvgIpc) is 3.52. The minimum atomic E-state index is -0.484. The predicted octanol–water partition coefficient (Wildman–Crippen LogP) is 10.3. The van der Waals surface area contributed by atoms with Crippen LogP contribution < -0.4 is 0 Å². The summed E-state index contributed by atoms with van der Waals surface area (Å²) in [5, 5.41) is 3.29. The second-order valence-electron chi connectivity index (χ2n) is 9.66. The van der Waals surface area contributed by atoms with Gasteiger partial charge in [0.15, 0.2) is 0 Å². The summed E-state index contributed by atoms with van der Waals surface area (Å²) in [7, 11) is 0. The summed E-state index contributed by atoms with van der Waals surface area (Å²) in [5.41, 5.74) is 4.18. The van der Waals surface area contributed by atoms with Crippen LogP contribution >= 0.6 is 0 Å². The van der Waals surface area contributed by atoms with Gasteiger partial charge in [-0.05, 0) is 51.2 Å².